The van der Waals surface area contributed by atoms with Crippen molar-refractivity contribution in [2.45, 2.75) is 26.4 Å². The van der Waals surface area contributed by atoms with Gasteiger partial charge < -0.3 is 13.7 Å². The number of rotatable bonds is 5. The fraction of sp³-hybridized carbons (Fsp3) is 0.211. The Labute approximate surface area is 153 Å². The zero-order valence-electron chi connectivity index (χ0n) is 14.3. The van der Waals surface area contributed by atoms with E-state index in [4.69, 9.17) is 13.7 Å². The van der Waals surface area contributed by atoms with Gasteiger partial charge >= 0.3 is 5.63 Å². The van der Waals surface area contributed by atoms with Crippen molar-refractivity contribution in [1.82, 2.24) is 10.1 Å². The molecule has 0 spiro atoms. The second-order valence-corrected chi connectivity index (χ2v) is 6.93. The van der Waals surface area contributed by atoms with E-state index in [0.29, 0.717) is 23.0 Å². The molecule has 0 unspecified atom stereocenters. The Morgan fingerprint density at radius 2 is 2.12 bits per heavy atom. The van der Waals surface area contributed by atoms with Crippen molar-refractivity contribution in [3.63, 3.8) is 0 Å². The molecule has 0 amide bonds. The molecule has 132 valence electrons. The topological polar surface area (TPSA) is 78.4 Å². The molecule has 1 aromatic carbocycles. The highest BCUT2D eigenvalue weighted by atomic mass is 32.1. The number of hydrogen-bond donors (Lipinski definition) is 0. The van der Waals surface area contributed by atoms with Gasteiger partial charge in [-0.2, -0.15) is 16.3 Å². The Balaban J connectivity index is 1.55. The molecule has 0 aliphatic rings. The number of aromatic nitrogens is 2. The number of fused-ring (bicyclic) bond motifs is 1. The lowest BCUT2D eigenvalue weighted by molar-refractivity contribution is 0.243. The zero-order valence-corrected chi connectivity index (χ0v) is 15.1. The van der Waals surface area contributed by atoms with E-state index in [9.17, 15) is 4.79 Å². The third kappa shape index (κ3) is 3.25. The highest BCUT2D eigenvalue weighted by Gasteiger charge is 2.12. The van der Waals surface area contributed by atoms with E-state index in [2.05, 4.69) is 10.1 Å². The van der Waals surface area contributed by atoms with Crippen LogP contribution in [0.2, 0.25) is 0 Å². The Kier molecular flexibility index (Phi) is 4.30. The van der Waals surface area contributed by atoms with Gasteiger partial charge in [-0.05, 0) is 35.1 Å². The fourth-order valence-corrected chi connectivity index (χ4v) is 3.34. The minimum Gasteiger partial charge on any atom is -0.484 e. The Bertz CT molecular complexity index is 1100. The summed E-state index contributed by atoms with van der Waals surface area (Å²) in [5.41, 5.74) is 2.01. The van der Waals surface area contributed by atoms with Crippen molar-refractivity contribution in [1.29, 1.82) is 0 Å². The molecule has 4 rings (SSSR count). The summed E-state index contributed by atoms with van der Waals surface area (Å²) in [4.78, 5) is 16.1. The molecule has 0 atom stereocenters. The molecule has 0 radical (unpaired) electrons. The van der Waals surface area contributed by atoms with Gasteiger partial charge in [0.05, 0.1) is 0 Å². The zero-order chi connectivity index (χ0) is 18.1. The van der Waals surface area contributed by atoms with Crippen LogP contribution in [0.3, 0.4) is 0 Å². The van der Waals surface area contributed by atoms with Gasteiger partial charge in [-0.3, -0.25) is 0 Å². The first kappa shape index (κ1) is 16.5. The molecule has 0 fully saturated rings. The molecule has 0 aliphatic carbocycles. The van der Waals surface area contributed by atoms with E-state index < -0.39 is 0 Å². The molecule has 3 aromatic heterocycles. The maximum absolute atomic E-state index is 11.8. The monoisotopic (exact) mass is 368 g/mol. The van der Waals surface area contributed by atoms with Gasteiger partial charge in [-0.15, -0.1) is 0 Å². The number of ether oxygens (including phenoxy) is 1. The average Bonchev–Trinajstić information content (AvgIpc) is 3.30. The highest BCUT2D eigenvalue weighted by molar-refractivity contribution is 7.08. The van der Waals surface area contributed by atoms with Gasteiger partial charge in [-0.1, -0.05) is 19.0 Å². The number of nitrogens with zero attached hydrogens (tertiary/aromatic N) is 2. The van der Waals surface area contributed by atoms with Crippen LogP contribution >= 0.6 is 11.3 Å². The lowest BCUT2D eigenvalue weighted by atomic mass is 10.00. The van der Waals surface area contributed by atoms with Crippen LogP contribution in [-0.4, -0.2) is 10.1 Å². The minimum absolute atomic E-state index is 0.136. The van der Waals surface area contributed by atoms with E-state index >= 15 is 0 Å². The molecule has 3 heterocycles. The smallest absolute Gasteiger partial charge is 0.336 e. The summed E-state index contributed by atoms with van der Waals surface area (Å²) in [6, 6.07) is 8.91. The standard InChI is InChI=1S/C19H16N2O4S/c1-11(2)15-8-18(22)24-16-7-13(3-4-14(15)16)23-9-17-20-19(21-25-17)12-5-6-26-10-12/h3-8,10-11H,9H2,1-2H3. The van der Waals surface area contributed by atoms with E-state index in [1.54, 1.807) is 17.4 Å². The van der Waals surface area contributed by atoms with Crippen LogP contribution in [0, 0.1) is 0 Å². The largest absolute Gasteiger partial charge is 0.484 e. The highest BCUT2D eigenvalue weighted by Crippen LogP contribution is 2.27. The van der Waals surface area contributed by atoms with Gasteiger partial charge in [0.15, 0.2) is 6.61 Å². The summed E-state index contributed by atoms with van der Waals surface area (Å²) in [5, 5.41) is 8.76. The summed E-state index contributed by atoms with van der Waals surface area (Å²) < 4.78 is 16.2. The molecule has 0 aliphatic heterocycles. The minimum atomic E-state index is -0.365. The van der Waals surface area contributed by atoms with Gasteiger partial charge in [-0.25, -0.2) is 4.79 Å². The summed E-state index contributed by atoms with van der Waals surface area (Å²) in [5.74, 6) is 1.71. The van der Waals surface area contributed by atoms with Gasteiger partial charge in [0, 0.05) is 28.5 Å². The summed E-state index contributed by atoms with van der Waals surface area (Å²) in [6.45, 7) is 4.22. The van der Waals surface area contributed by atoms with Gasteiger partial charge in [0.25, 0.3) is 5.89 Å². The van der Waals surface area contributed by atoms with Crippen molar-refractivity contribution in [2.24, 2.45) is 0 Å². The molecule has 0 N–H and O–H groups in total. The third-order valence-corrected chi connectivity index (χ3v) is 4.66. The third-order valence-electron chi connectivity index (χ3n) is 3.98. The lowest BCUT2D eigenvalue weighted by Crippen LogP contribution is -2.02. The molecule has 0 bridgehead atoms. The van der Waals surface area contributed by atoms with Crippen LogP contribution in [0.15, 0.2) is 54.8 Å². The maximum atomic E-state index is 11.8. The van der Waals surface area contributed by atoms with Crippen molar-refractivity contribution in [2.75, 3.05) is 0 Å². The second kappa shape index (κ2) is 6.76. The van der Waals surface area contributed by atoms with Crippen molar-refractivity contribution >= 4 is 22.3 Å². The maximum Gasteiger partial charge on any atom is 0.336 e. The van der Waals surface area contributed by atoms with Crippen LogP contribution < -0.4 is 10.4 Å². The van der Waals surface area contributed by atoms with Gasteiger partial charge in [0.1, 0.15) is 11.3 Å². The van der Waals surface area contributed by atoms with Gasteiger partial charge in [0.2, 0.25) is 5.82 Å². The van der Waals surface area contributed by atoms with Crippen LogP contribution in [0.25, 0.3) is 22.4 Å². The summed E-state index contributed by atoms with van der Waals surface area (Å²) in [6.07, 6.45) is 0. The first-order valence-corrected chi connectivity index (χ1v) is 9.10. The van der Waals surface area contributed by atoms with Crippen molar-refractivity contribution in [3.8, 4) is 17.1 Å². The predicted molar refractivity (Wildman–Crippen MR) is 98.5 cm³/mol. The molecule has 6 nitrogen and oxygen atoms in total. The van der Waals surface area contributed by atoms with E-state index in [-0.39, 0.29) is 18.2 Å². The van der Waals surface area contributed by atoms with Crippen LogP contribution in [0.5, 0.6) is 5.75 Å². The van der Waals surface area contributed by atoms with Crippen molar-refractivity contribution in [3.05, 3.63) is 63.0 Å². The molecule has 7 heteroatoms. The van der Waals surface area contributed by atoms with Crippen LogP contribution in [0.4, 0.5) is 0 Å². The fourth-order valence-electron chi connectivity index (χ4n) is 2.70. The van der Waals surface area contributed by atoms with Crippen LogP contribution in [-0.2, 0) is 6.61 Å². The first-order valence-electron chi connectivity index (χ1n) is 8.16. The van der Waals surface area contributed by atoms with Crippen LogP contribution in [0.1, 0.15) is 31.2 Å². The summed E-state index contributed by atoms with van der Waals surface area (Å²) >= 11 is 1.57. The molecular weight excluding hydrogens is 352 g/mol. The lowest BCUT2D eigenvalue weighted by Gasteiger charge is -2.09. The number of hydrogen-bond acceptors (Lipinski definition) is 7. The Hall–Kier alpha value is -2.93. The first-order chi connectivity index (χ1) is 12.6. The Morgan fingerprint density at radius 3 is 2.88 bits per heavy atom. The molecule has 4 aromatic rings. The quantitative estimate of drug-likeness (QED) is 0.479. The molecule has 0 saturated heterocycles. The molecular formula is C19H16N2O4S. The SMILES string of the molecule is CC(C)c1cc(=O)oc2cc(OCc3nc(-c4ccsc4)no3)ccc12. The number of thiophene rings is 1. The average molecular weight is 368 g/mol. The molecule has 26 heavy (non-hydrogen) atoms. The second-order valence-electron chi connectivity index (χ2n) is 6.15. The number of benzene rings is 1. The van der Waals surface area contributed by atoms with Crippen molar-refractivity contribution < 1.29 is 13.7 Å². The molecule has 0 saturated carbocycles. The Morgan fingerprint density at radius 1 is 1.23 bits per heavy atom. The summed E-state index contributed by atoms with van der Waals surface area (Å²) in [7, 11) is 0. The normalized spacial score (nSPS) is 11.3. The van der Waals surface area contributed by atoms with E-state index in [1.165, 1.54) is 6.07 Å². The van der Waals surface area contributed by atoms with E-state index in [1.807, 2.05) is 42.8 Å². The van der Waals surface area contributed by atoms with E-state index in [0.717, 1.165) is 16.5 Å². The predicted octanol–water partition coefficient (Wildman–Crippen LogP) is 4.61.